The van der Waals surface area contributed by atoms with Crippen LogP contribution in [0, 0.1) is 0 Å². The van der Waals surface area contributed by atoms with Crippen LogP contribution in [0.15, 0.2) is 12.4 Å². The summed E-state index contributed by atoms with van der Waals surface area (Å²) in [5, 5.41) is 2.94. The Morgan fingerprint density at radius 1 is 1.29 bits per heavy atom. The lowest BCUT2D eigenvalue weighted by Crippen LogP contribution is -2.11. The number of hydrogen-bond donors (Lipinski definition) is 1. The van der Waals surface area contributed by atoms with E-state index in [0.29, 0.717) is 0 Å². The minimum absolute atomic E-state index is 0.837. The van der Waals surface area contributed by atoms with Gasteiger partial charge in [-0.2, -0.15) is 0 Å². The highest BCUT2D eigenvalue weighted by atomic mass is 15.1. The van der Waals surface area contributed by atoms with Crippen LogP contribution < -0.4 is 10.2 Å². The molecule has 4 nitrogen and oxygen atoms in total. The summed E-state index contributed by atoms with van der Waals surface area (Å²) in [5.74, 6) is 1.74. The lowest BCUT2D eigenvalue weighted by Gasteiger charge is -2.10. The van der Waals surface area contributed by atoms with Crippen molar-refractivity contribution >= 4 is 11.6 Å². The van der Waals surface area contributed by atoms with Crippen molar-refractivity contribution in [2.75, 3.05) is 31.4 Å². The highest BCUT2D eigenvalue weighted by Gasteiger charge is 1.96. The Labute approximate surface area is 86.4 Å². The van der Waals surface area contributed by atoms with Crippen LogP contribution in [0.2, 0.25) is 0 Å². The fourth-order valence-corrected chi connectivity index (χ4v) is 0.728. The highest BCUT2D eigenvalue weighted by molar-refractivity contribution is 5.46. The number of anilines is 2. The lowest BCUT2D eigenvalue weighted by molar-refractivity contribution is 1.04. The molecule has 0 saturated heterocycles. The van der Waals surface area contributed by atoms with Crippen LogP contribution in [0.3, 0.4) is 0 Å². The number of aromatic nitrogens is 2. The van der Waals surface area contributed by atoms with Crippen molar-refractivity contribution < 1.29 is 0 Å². The van der Waals surface area contributed by atoms with Gasteiger partial charge < -0.3 is 10.2 Å². The van der Waals surface area contributed by atoms with E-state index in [1.807, 2.05) is 32.1 Å². The van der Waals surface area contributed by atoms with Gasteiger partial charge in [-0.3, -0.25) is 0 Å². The number of nitrogens with one attached hydrogen (secondary N) is 1. The number of hydrogen-bond acceptors (Lipinski definition) is 4. The van der Waals surface area contributed by atoms with Gasteiger partial charge in [0.2, 0.25) is 0 Å². The number of rotatable bonds is 2. The Bertz CT molecular complexity index is 248. The second-order valence-corrected chi connectivity index (χ2v) is 3.11. The van der Waals surface area contributed by atoms with Crippen molar-refractivity contribution in [1.29, 1.82) is 0 Å². The molecular weight excluding hydrogens is 176 g/mol. The fourth-order valence-electron chi connectivity index (χ4n) is 0.728. The smallest absolute Gasteiger partial charge is 0.133 e. The molecule has 0 aliphatic carbocycles. The topological polar surface area (TPSA) is 41.0 Å². The van der Waals surface area contributed by atoms with Gasteiger partial charge in [0.25, 0.3) is 0 Å². The summed E-state index contributed by atoms with van der Waals surface area (Å²) in [6.07, 6.45) is 2.79. The van der Waals surface area contributed by atoms with Gasteiger partial charge in [0.1, 0.15) is 18.0 Å². The molecule has 0 unspecified atom stereocenters. The van der Waals surface area contributed by atoms with Gasteiger partial charge in [0.05, 0.1) is 0 Å². The minimum Gasteiger partial charge on any atom is -0.373 e. The molecule has 1 N–H and O–H groups in total. The first kappa shape index (κ1) is 12.7. The maximum absolute atomic E-state index is 4.06. The molecule has 1 aromatic rings. The largest absolute Gasteiger partial charge is 0.373 e. The molecule has 0 bridgehead atoms. The maximum Gasteiger partial charge on any atom is 0.133 e. The molecular formula is C10H20N4. The zero-order valence-corrected chi connectivity index (χ0v) is 9.70. The van der Waals surface area contributed by atoms with Crippen LogP contribution in [-0.2, 0) is 0 Å². The minimum atomic E-state index is 0.837. The monoisotopic (exact) mass is 196 g/mol. The van der Waals surface area contributed by atoms with E-state index in [1.165, 1.54) is 6.42 Å². The third-order valence-electron chi connectivity index (χ3n) is 1.37. The predicted octanol–water partition coefficient (Wildman–Crippen LogP) is 2.00. The molecule has 1 heterocycles. The third-order valence-corrected chi connectivity index (χ3v) is 1.37. The normalized spacial score (nSPS) is 8.64. The Morgan fingerprint density at radius 3 is 2.29 bits per heavy atom. The highest BCUT2D eigenvalue weighted by Crippen LogP contribution is 2.09. The Hall–Kier alpha value is -1.32. The molecule has 0 saturated carbocycles. The SMILES string of the molecule is CCC.CNc1cc(N(C)C)ncn1. The van der Waals surface area contributed by atoms with E-state index in [2.05, 4.69) is 29.1 Å². The molecule has 0 atom stereocenters. The maximum atomic E-state index is 4.06. The fraction of sp³-hybridized carbons (Fsp3) is 0.600. The summed E-state index contributed by atoms with van der Waals surface area (Å²) in [6, 6.07) is 1.89. The van der Waals surface area contributed by atoms with Crippen molar-refractivity contribution in [3.8, 4) is 0 Å². The standard InChI is InChI=1S/C7H12N4.C3H8/c1-8-6-4-7(11(2)3)10-5-9-6;1-3-2/h4-5H,1-3H3,(H,8,9,10);3H2,1-2H3. The summed E-state index contributed by atoms with van der Waals surface area (Å²) in [4.78, 5) is 9.99. The summed E-state index contributed by atoms with van der Waals surface area (Å²) < 4.78 is 0. The van der Waals surface area contributed by atoms with E-state index >= 15 is 0 Å². The molecule has 4 heteroatoms. The molecule has 0 radical (unpaired) electrons. The predicted molar refractivity (Wildman–Crippen MR) is 61.9 cm³/mol. The van der Waals surface area contributed by atoms with Gasteiger partial charge in [-0.15, -0.1) is 0 Å². The summed E-state index contributed by atoms with van der Waals surface area (Å²) in [5.41, 5.74) is 0. The quantitative estimate of drug-likeness (QED) is 0.785. The molecule has 1 aromatic heterocycles. The molecule has 14 heavy (non-hydrogen) atoms. The van der Waals surface area contributed by atoms with E-state index in [0.717, 1.165) is 11.6 Å². The second-order valence-electron chi connectivity index (χ2n) is 3.11. The Morgan fingerprint density at radius 2 is 1.86 bits per heavy atom. The van der Waals surface area contributed by atoms with Gasteiger partial charge in [-0.05, 0) is 0 Å². The van der Waals surface area contributed by atoms with Crippen LogP contribution in [0.25, 0.3) is 0 Å². The summed E-state index contributed by atoms with van der Waals surface area (Å²) >= 11 is 0. The molecule has 80 valence electrons. The van der Waals surface area contributed by atoms with Crippen LogP contribution in [0.4, 0.5) is 11.6 Å². The molecule has 0 amide bonds. The van der Waals surface area contributed by atoms with E-state index in [1.54, 1.807) is 6.33 Å². The summed E-state index contributed by atoms with van der Waals surface area (Å²) in [6.45, 7) is 4.25. The molecule has 0 aliphatic rings. The summed E-state index contributed by atoms with van der Waals surface area (Å²) in [7, 11) is 5.73. The van der Waals surface area contributed by atoms with Gasteiger partial charge >= 0.3 is 0 Å². The lowest BCUT2D eigenvalue weighted by atomic mass is 10.5. The van der Waals surface area contributed by atoms with E-state index in [-0.39, 0.29) is 0 Å². The van der Waals surface area contributed by atoms with Crippen LogP contribution in [0.1, 0.15) is 20.3 Å². The van der Waals surface area contributed by atoms with Crippen LogP contribution >= 0.6 is 0 Å². The van der Waals surface area contributed by atoms with E-state index in [4.69, 9.17) is 0 Å². The molecule has 0 aliphatic heterocycles. The molecule has 0 fully saturated rings. The Kier molecular flexibility index (Phi) is 6.45. The average Bonchev–Trinajstić information content (AvgIpc) is 2.19. The van der Waals surface area contributed by atoms with Crippen molar-refractivity contribution in [1.82, 2.24) is 9.97 Å². The van der Waals surface area contributed by atoms with Crippen molar-refractivity contribution in [3.05, 3.63) is 12.4 Å². The zero-order valence-electron chi connectivity index (χ0n) is 9.70. The molecule has 0 spiro atoms. The van der Waals surface area contributed by atoms with E-state index < -0.39 is 0 Å². The van der Waals surface area contributed by atoms with Gasteiger partial charge in [-0.25, -0.2) is 9.97 Å². The van der Waals surface area contributed by atoms with Gasteiger partial charge in [0, 0.05) is 27.2 Å². The average molecular weight is 196 g/mol. The first-order valence-electron chi connectivity index (χ1n) is 4.82. The van der Waals surface area contributed by atoms with Crippen molar-refractivity contribution in [2.24, 2.45) is 0 Å². The zero-order chi connectivity index (χ0) is 11.0. The Balaban J connectivity index is 0.000000500. The van der Waals surface area contributed by atoms with Crippen molar-refractivity contribution in [3.63, 3.8) is 0 Å². The molecule has 1 rings (SSSR count). The first-order valence-corrected chi connectivity index (χ1v) is 4.82. The van der Waals surface area contributed by atoms with E-state index in [9.17, 15) is 0 Å². The van der Waals surface area contributed by atoms with Gasteiger partial charge in [-0.1, -0.05) is 20.3 Å². The first-order chi connectivity index (χ1) is 6.65. The third kappa shape index (κ3) is 4.64. The number of nitrogens with zero attached hydrogens (tertiary/aromatic N) is 3. The van der Waals surface area contributed by atoms with Crippen LogP contribution in [-0.4, -0.2) is 31.1 Å². The van der Waals surface area contributed by atoms with Crippen LogP contribution in [0.5, 0.6) is 0 Å². The molecule has 0 aromatic carbocycles. The second kappa shape index (κ2) is 7.12. The van der Waals surface area contributed by atoms with Crippen molar-refractivity contribution in [2.45, 2.75) is 20.3 Å². The van der Waals surface area contributed by atoms with Gasteiger partial charge in [0.15, 0.2) is 0 Å².